The maximum absolute atomic E-state index is 16.1. The van der Waals surface area contributed by atoms with E-state index in [1.165, 1.54) is 13.0 Å². The molecule has 10 nitrogen and oxygen atoms in total. The molecule has 13 unspecified atom stereocenters. The van der Waals surface area contributed by atoms with Crippen molar-refractivity contribution in [1.29, 1.82) is 0 Å². The van der Waals surface area contributed by atoms with Gasteiger partial charge in [0, 0.05) is 63.4 Å². The first-order valence-electron chi connectivity index (χ1n) is 23.7. The standard InChI is InChI=1S/C54H63N3O7/c1-28(45(60)61)25-52(62)33-19-17-31-24-32-26-53(63)34(18-16-29-12-8-7-9-13-29)42-47(2,3)37(59)21-22-48(42,4)41-36(58)27-49(5)50(6,44(41)53)54(32,64)43(38(31)33)51(49)23-20-35(57-46(55)56)40(52)39(51)30-14-10-11-15-30/h7-9,12-13,16,18-20,23,25-26,30,34-35,39-40,42-43,62-64H,10-11,14-15,17,21-22,24,27H2,1-6H3,(H,60,61)(H4,55,56,57). The quantitative estimate of drug-likeness (QED) is 0.0750. The molecule has 0 aliphatic heterocycles. The molecule has 10 aliphatic carbocycles. The number of carboxylic acids is 1. The van der Waals surface area contributed by atoms with Crippen molar-refractivity contribution in [1.82, 2.24) is 0 Å². The van der Waals surface area contributed by atoms with Gasteiger partial charge in [-0.25, -0.2) is 9.79 Å². The van der Waals surface area contributed by atoms with E-state index >= 15 is 4.79 Å². The summed E-state index contributed by atoms with van der Waals surface area (Å²) >= 11 is 0. The molecule has 4 saturated carbocycles. The van der Waals surface area contributed by atoms with Crippen LogP contribution in [0, 0.1) is 62.6 Å². The number of hydrogen-bond acceptors (Lipinski definition) is 7. The highest BCUT2D eigenvalue weighted by Crippen LogP contribution is 2.88. The number of allylic oxidation sites excluding steroid dienone is 4. The van der Waals surface area contributed by atoms with Crippen molar-refractivity contribution in [3.8, 4) is 0 Å². The molecule has 0 aromatic heterocycles. The van der Waals surface area contributed by atoms with Gasteiger partial charge < -0.3 is 31.9 Å². The van der Waals surface area contributed by atoms with E-state index in [-0.39, 0.29) is 35.4 Å². The van der Waals surface area contributed by atoms with Crippen molar-refractivity contribution in [3.63, 3.8) is 0 Å². The molecule has 8 N–H and O–H groups in total. The summed E-state index contributed by atoms with van der Waals surface area (Å²) < 4.78 is 0. The summed E-state index contributed by atoms with van der Waals surface area (Å²) in [5, 5.41) is 53.5. The molecule has 0 radical (unpaired) electrons. The first-order valence-corrected chi connectivity index (χ1v) is 23.7. The number of guanidine groups is 1. The summed E-state index contributed by atoms with van der Waals surface area (Å²) in [5.41, 5.74) is 7.42. The predicted molar refractivity (Wildman–Crippen MR) is 244 cm³/mol. The van der Waals surface area contributed by atoms with E-state index < -0.39 is 85.5 Å². The fraction of sp³-hybridized carbons (Fsp3) is 0.556. The van der Waals surface area contributed by atoms with Gasteiger partial charge >= 0.3 is 5.97 Å². The first-order chi connectivity index (χ1) is 30.1. The van der Waals surface area contributed by atoms with Gasteiger partial charge in [0.15, 0.2) is 11.7 Å². The second-order valence-electron chi connectivity index (χ2n) is 22.7. The molecule has 10 aliphatic rings. The Morgan fingerprint density at radius 1 is 0.969 bits per heavy atom. The smallest absolute Gasteiger partial charge is 0.331 e. The zero-order valence-corrected chi connectivity index (χ0v) is 37.9. The minimum Gasteiger partial charge on any atom is -0.478 e. The van der Waals surface area contributed by atoms with Gasteiger partial charge in [0.2, 0.25) is 0 Å². The molecule has 0 saturated heterocycles. The van der Waals surface area contributed by atoms with Crippen molar-refractivity contribution in [2.45, 2.75) is 122 Å². The molecule has 64 heavy (non-hydrogen) atoms. The van der Waals surface area contributed by atoms with Crippen LogP contribution in [-0.4, -0.2) is 66.8 Å². The van der Waals surface area contributed by atoms with Crippen LogP contribution in [0.2, 0.25) is 0 Å². The lowest BCUT2D eigenvalue weighted by molar-refractivity contribution is -0.168. The number of nitrogens with zero attached hydrogens (tertiary/aromatic N) is 1. The second-order valence-corrected chi connectivity index (χ2v) is 22.7. The third kappa shape index (κ3) is 4.54. The molecule has 13 atom stereocenters. The number of benzene rings is 1. The topological polar surface area (TPSA) is 197 Å². The monoisotopic (exact) mass is 865 g/mol. The first kappa shape index (κ1) is 42.0. The van der Waals surface area contributed by atoms with Crippen molar-refractivity contribution < 1.29 is 34.8 Å². The van der Waals surface area contributed by atoms with E-state index in [0.717, 1.165) is 42.4 Å². The van der Waals surface area contributed by atoms with Gasteiger partial charge in [-0.2, -0.15) is 0 Å². The predicted octanol–water partition coefficient (Wildman–Crippen LogP) is 7.08. The molecule has 2 bridgehead atoms. The molecule has 336 valence electrons. The fourth-order valence-corrected chi connectivity index (χ4v) is 17.9. The average molecular weight is 866 g/mol. The van der Waals surface area contributed by atoms with Crippen molar-refractivity contribution in [2.75, 3.05) is 0 Å². The summed E-state index contributed by atoms with van der Waals surface area (Å²) in [6.07, 6.45) is 19.0. The molecular formula is C54H63N3O7. The molecule has 1 aromatic rings. The molecule has 1 spiro atoms. The van der Waals surface area contributed by atoms with Gasteiger partial charge in [-0.05, 0) is 89.4 Å². The largest absolute Gasteiger partial charge is 0.478 e. The SMILES string of the molecule is CC(=CC1(O)C2=CCC3=C2C2C4(O)C(=CC5(O)C6=C(C(=O)CC(C)(C27C=CC(N=C(N)N)C1C7C1CCCC1)C64C)C1(C)CCC(=O)C(C)(C)C1C5C=Cc1ccccc1)C3)C(=O)O. The number of carbonyl (C=O) groups is 3. The number of carbonyl (C=O) groups excluding carboxylic acids is 2. The maximum atomic E-state index is 16.1. The van der Waals surface area contributed by atoms with E-state index in [1.54, 1.807) is 0 Å². The highest BCUT2D eigenvalue weighted by molar-refractivity contribution is 6.02. The van der Waals surface area contributed by atoms with E-state index in [0.29, 0.717) is 48.0 Å². The van der Waals surface area contributed by atoms with Crippen molar-refractivity contribution in [3.05, 3.63) is 111 Å². The summed E-state index contributed by atoms with van der Waals surface area (Å²) in [7, 11) is 0. The van der Waals surface area contributed by atoms with Gasteiger partial charge in [-0.3, -0.25) is 9.59 Å². The zero-order chi connectivity index (χ0) is 45.5. The minimum absolute atomic E-state index is 0.00282. The maximum Gasteiger partial charge on any atom is 0.331 e. The Bertz CT molecular complexity index is 2620. The van der Waals surface area contributed by atoms with Gasteiger partial charge in [0.05, 0.1) is 6.04 Å². The number of aliphatic hydroxyl groups is 3. The summed E-state index contributed by atoms with van der Waals surface area (Å²) in [6.45, 7) is 11.9. The number of Topliss-reactive ketones (excluding diaryl/α,β-unsaturated/α-hetero) is 2. The number of fused-ring (bicyclic) bond motifs is 3. The third-order valence-corrected chi connectivity index (χ3v) is 20.0. The number of rotatable bonds is 6. The van der Waals surface area contributed by atoms with Crippen LogP contribution in [0.15, 0.2) is 111 Å². The van der Waals surface area contributed by atoms with Crippen LogP contribution in [0.3, 0.4) is 0 Å². The van der Waals surface area contributed by atoms with E-state index in [1.807, 2.05) is 68.5 Å². The summed E-state index contributed by atoms with van der Waals surface area (Å²) in [4.78, 5) is 47.9. The van der Waals surface area contributed by atoms with Crippen LogP contribution < -0.4 is 11.5 Å². The van der Waals surface area contributed by atoms with Gasteiger partial charge in [-0.15, -0.1) is 0 Å². The summed E-state index contributed by atoms with van der Waals surface area (Å²) in [5.74, 6) is -4.22. The Balaban J connectivity index is 1.29. The third-order valence-electron chi connectivity index (χ3n) is 20.0. The van der Waals surface area contributed by atoms with E-state index in [4.69, 9.17) is 16.5 Å². The van der Waals surface area contributed by atoms with Crippen LogP contribution in [0.4, 0.5) is 0 Å². The Morgan fingerprint density at radius 3 is 2.34 bits per heavy atom. The van der Waals surface area contributed by atoms with Gasteiger partial charge in [0.25, 0.3) is 0 Å². The molecule has 1 aromatic carbocycles. The van der Waals surface area contributed by atoms with Gasteiger partial charge in [-0.1, -0.05) is 127 Å². The molecular weight excluding hydrogens is 803 g/mol. The number of carboxylic acid groups (broad SMARTS) is 1. The normalized spacial score (nSPS) is 45.9. The second kappa shape index (κ2) is 12.8. The number of aliphatic carboxylic acids is 1. The van der Waals surface area contributed by atoms with Crippen LogP contribution in [0.25, 0.3) is 6.08 Å². The summed E-state index contributed by atoms with van der Waals surface area (Å²) in [6, 6.07) is 9.21. The number of aliphatic imine (C=N–C) groups is 1. The van der Waals surface area contributed by atoms with Gasteiger partial charge in [0.1, 0.15) is 22.6 Å². The molecule has 0 heterocycles. The van der Waals surface area contributed by atoms with Crippen molar-refractivity contribution in [2.24, 2.45) is 79.0 Å². The number of nitrogens with two attached hydrogens (primary N) is 2. The Hall–Kier alpha value is -4.64. The Morgan fingerprint density at radius 2 is 1.67 bits per heavy atom. The number of hydrogen-bond donors (Lipinski definition) is 6. The van der Waals surface area contributed by atoms with E-state index in [2.05, 4.69) is 32.9 Å². The minimum atomic E-state index is -1.86. The van der Waals surface area contributed by atoms with Crippen LogP contribution in [0.5, 0.6) is 0 Å². The van der Waals surface area contributed by atoms with Crippen LogP contribution in [0.1, 0.15) is 105 Å². The highest BCUT2D eigenvalue weighted by atomic mass is 16.4. The lowest BCUT2D eigenvalue weighted by Crippen LogP contribution is -2.71. The van der Waals surface area contributed by atoms with Crippen molar-refractivity contribution >= 4 is 29.6 Å². The Labute approximate surface area is 375 Å². The van der Waals surface area contributed by atoms with Crippen LogP contribution >= 0.6 is 0 Å². The number of ketones is 2. The van der Waals surface area contributed by atoms with E-state index in [9.17, 15) is 30.0 Å². The fourth-order valence-electron chi connectivity index (χ4n) is 17.9. The molecule has 10 heteroatoms. The molecule has 0 amide bonds. The molecule has 4 fully saturated rings. The lowest BCUT2D eigenvalue weighted by Gasteiger charge is -2.70. The highest BCUT2D eigenvalue weighted by Gasteiger charge is 2.89. The average Bonchev–Trinajstić information content (AvgIpc) is 3.93. The molecule has 11 rings (SSSR count). The Kier molecular flexibility index (Phi) is 8.42. The van der Waals surface area contributed by atoms with Crippen LogP contribution in [-0.2, 0) is 14.4 Å². The lowest BCUT2D eigenvalue weighted by atomic mass is 9.34. The zero-order valence-electron chi connectivity index (χ0n) is 37.9.